The fraction of sp³-hybridized carbons (Fsp3) is 0.923. The molecule has 0 heterocycles. The molecule has 1 unspecified atom stereocenters. The van der Waals surface area contributed by atoms with Crippen molar-refractivity contribution < 1.29 is 19.0 Å². The highest BCUT2D eigenvalue weighted by molar-refractivity contribution is 7.84. The first-order chi connectivity index (χ1) is 9.35. The van der Waals surface area contributed by atoms with E-state index in [9.17, 15) is 9.36 Å². The molecule has 0 aromatic heterocycles. The molecule has 7 heteroatoms. The lowest BCUT2D eigenvalue weighted by molar-refractivity contribution is 0.116. The van der Waals surface area contributed by atoms with Crippen LogP contribution >= 0.6 is 18.0 Å². The van der Waals surface area contributed by atoms with Crippen molar-refractivity contribution in [2.45, 2.75) is 64.9 Å². The Morgan fingerprint density at radius 1 is 1.25 bits per heavy atom. The number of unbranched alkanes of at least 4 members (excludes halogenated alkanes) is 6. The summed E-state index contributed by atoms with van der Waals surface area (Å²) in [7, 11) is 0. The van der Waals surface area contributed by atoms with E-state index in [0.717, 1.165) is 12.8 Å². The van der Waals surface area contributed by atoms with Crippen LogP contribution in [0.4, 0.5) is 4.79 Å². The molecule has 2 N–H and O–H groups in total. The predicted molar refractivity (Wildman–Crippen MR) is 82.5 cm³/mol. The van der Waals surface area contributed by atoms with Gasteiger partial charge in [0, 0.05) is 6.54 Å². The maximum Gasteiger partial charge on any atom is 0.407 e. The van der Waals surface area contributed by atoms with E-state index < -0.39 is 18.9 Å². The molecule has 0 bridgehead atoms. The minimum Gasteiger partial charge on any atom is -0.446 e. The standard InChI is InChI=1S/C13H27ClNO4P/c1-3-4-5-6-7-8-9-10-15-13(16)19-12(2)11-20(14,17)18/h12H,3-11H2,1-2H3,(H,15,16)(H,17,18)/t12-/m0/s1. The van der Waals surface area contributed by atoms with Crippen molar-refractivity contribution in [1.82, 2.24) is 5.32 Å². The number of halogens is 1. The van der Waals surface area contributed by atoms with Crippen molar-refractivity contribution in [1.29, 1.82) is 0 Å². The van der Waals surface area contributed by atoms with Gasteiger partial charge in [0.05, 0.1) is 6.16 Å². The first kappa shape index (κ1) is 19.8. The van der Waals surface area contributed by atoms with Crippen molar-refractivity contribution in [3.63, 3.8) is 0 Å². The summed E-state index contributed by atoms with van der Waals surface area (Å²) in [5.74, 6) is 0. The van der Waals surface area contributed by atoms with E-state index in [1.54, 1.807) is 6.92 Å². The van der Waals surface area contributed by atoms with Crippen molar-refractivity contribution in [2.24, 2.45) is 0 Å². The van der Waals surface area contributed by atoms with Crippen LogP contribution in [0.3, 0.4) is 0 Å². The maximum atomic E-state index is 11.4. The lowest BCUT2D eigenvalue weighted by atomic mass is 10.1. The Morgan fingerprint density at radius 3 is 2.35 bits per heavy atom. The number of hydrogen-bond acceptors (Lipinski definition) is 3. The number of hydrogen-bond donors (Lipinski definition) is 2. The third kappa shape index (κ3) is 14.2. The van der Waals surface area contributed by atoms with Gasteiger partial charge in [-0.05, 0) is 24.6 Å². The van der Waals surface area contributed by atoms with Crippen LogP contribution in [0.2, 0.25) is 0 Å². The Morgan fingerprint density at radius 2 is 1.80 bits per heavy atom. The lowest BCUT2D eigenvalue weighted by Crippen LogP contribution is -2.29. The zero-order valence-corrected chi connectivity index (χ0v) is 14.1. The van der Waals surface area contributed by atoms with Gasteiger partial charge < -0.3 is 14.9 Å². The maximum absolute atomic E-state index is 11.4. The number of nitrogens with one attached hydrogen (secondary N) is 1. The summed E-state index contributed by atoms with van der Waals surface area (Å²) in [6, 6.07) is 0. The van der Waals surface area contributed by atoms with Gasteiger partial charge in [0.25, 0.3) is 6.72 Å². The zero-order valence-electron chi connectivity index (χ0n) is 12.4. The second kappa shape index (κ2) is 11.4. The molecule has 5 nitrogen and oxygen atoms in total. The molecular formula is C13H27ClNO4P. The average molecular weight is 328 g/mol. The normalized spacial score (nSPS) is 15.4. The van der Waals surface area contributed by atoms with Crippen LogP contribution in [-0.4, -0.2) is 29.8 Å². The van der Waals surface area contributed by atoms with E-state index in [1.165, 1.54) is 32.1 Å². The molecule has 1 amide bonds. The van der Waals surface area contributed by atoms with E-state index in [4.69, 9.17) is 20.9 Å². The van der Waals surface area contributed by atoms with Gasteiger partial charge in [-0.3, -0.25) is 4.57 Å². The Bertz CT molecular complexity index is 309. The minimum atomic E-state index is -3.66. The van der Waals surface area contributed by atoms with E-state index in [0.29, 0.717) is 6.54 Å². The molecule has 0 saturated heterocycles. The van der Waals surface area contributed by atoms with E-state index in [-0.39, 0.29) is 6.16 Å². The highest BCUT2D eigenvalue weighted by Crippen LogP contribution is 2.46. The van der Waals surface area contributed by atoms with Crippen LogP contribution in [0.25, 0.3) is 0 Å². The summed E-state index contributed by atoms with van der Waals surface area (Å²) in [6.45, 7) is 0.637. The molecule has 0 rings (SSSR count). The zero-order chi connectivity index (χ0) is 15.4. The van der Waals surface area contributed by atoms with Crippen molar-refractivity contribution >= 4 is 24.1 Å². The second-order valence-corrected chi connectivity index (χ2v) is 8.25. The van der Waals surface area contributed by atoms with Crippen LogP contribution in [-0.2, 0) is 9.30 Å². The largest absolute Gasteiger partial charge is 0.446 e. The molecule has 0 aliphatic heterocycles. The van der Waals surface area contributed by atoms with Gasteiger partial charge >= 0.3 is 6.09 Å². The molecule has 0 saturated carbocycles. The first-order valence-electron chi connectivity index (χ1n) is 7.31. The Labute approximate surface area is 126 Å². The van der Waals surface area contributed by atoms with Gasteiger partial charge in [-0.1, -0.05) is 45.4 Å². The van der Waals surface area contributed by atoms with Crippen molar-refractivity contribution in [3.05, 3.63) is 0 Å². The number of alkyl carbamates (subject to hydrolysis) is 1. The number of ether oxygens (including phenoxy) is 1. The monoisotopic (exact) mass is 327 g/mol. The van der Waals surface area contributed by atoms with Gasteiger partial charge in [0.15, 0.2) is 0 Å². The molecule has 0 aliphatic carbocycles. The van der Waals surface area contributed by atoms with Gasteiger partial charge in [-0.25, -0.2) is 4.79 Å². The van der Waals surface area contributed by atoms with Gasteiger partial charge in [0.1, 0.15) is 6.10 Å². The number of carbonyl (C=O) groups excluding carboxylic acids is 1. The number of amides is 1. The molecule has 120 valence electrons. The SMILES string of the molecule is CCCCCCCCCNC(=O)O[C@@H](C)CP(=O)(O)Cl. The van der Waals surface area contributed by atoms with E-state index in [2.05, 4.69) is 12.2 Å². The summed E-state index contributed by atoms with van der Waals surface area (Å²) in [5.41, 5.74) is 0. The summed E-state index contributed by atoms with van der Waals surface area (Å²) in [5, 5.41) is 2.63. The van der Waals surface area contributed by atoms with E-state index in [1.807, 2.05) is 0 Å². The fourth-order valence-electron chi connectivity index (χ4n) is 1.85. The molecule has 0 radical (unpaired) electrons. The lowest BCUT2D eigenvalue weighted by Gasteiger charge is -2.14. The highest BCUT2D eigenvalue weighted by atomic mass is 35.7. The molecule has 0 fully saturated rings. The van der Waals surface area contributed by atoms with Crippen LogP contribution in [0.5, 0.6) is 0 Å². The van der Waals surface area contributed by atoms with Gasteiger partial charge in [-0.15, -0.1) is 0 Å². The highest BCUT2D eigenvalue weighted by Gasteiger charge is 2.20. The Hall–Kier alpha value is -0.250. The third-order valence-corrected chi connectivity index (χ3v) is 4.22. The van der Waals surface area contributed by atoms with Crippen molar-refractivity contribution in [3.8, 4) is 0 Å². The Balaban J connectivity index is 3.47. The Kier molecular flexibility index (Phi) is 11.3. The van der Waals surface area contributed by atoms with Crippen LogP contribution in [0.15, 0.2) is 0 Å². The molecule has 0 spiro atoms. The summed E-state index contributed by atoms with van der Waals surface area (Å²) in [6.07, 6.45) is 6.79. The van der Waals surface area contributed by atoms with Crippen LogP contribution in [0.1, 0.15) is 58.8 Å². The van der Waals surface area contributed by atoms with Crippen molar-refractivity contribution in [2.75, 3.05) is 12.7 Å². The average Bonchev–Trinajstić information content (AvgIpc) is 2.30. The minimum absolute atomic E-state index is 0.237. The third-order valence-electron chi connectivity index (χ3n) is 2.84. The smallest absolute Gasteiger partial charge is 0.407 e. The first-order valence-corrected chi connectivity index (χ1v) is 10.1. The quantitative estimate of drug-likeness (QED) is 0.439. The molecule has 0 aromatic carbocycles. The predicted octanol–water partition coefficient (Wildman–Crippen LogP) is 4.28. The van der Waals surface area contributed by atoms with Gasteiger partial charge in [0.2, 0.25) is 0 Å². The number of carbonyl (C=O) groups is 1. The summed E-state index contributed by atoms with van der Waals surface area (Å²) < 4.78 is 15.8. The van der Waals surface area contributed by atoms with E-state index >= 15 is 0 Å². The number of rotatable bonds is 11. The molecule has 0 aromatic rings. The molecule has 2 atom stereocenters. The topological polar surface area (TPSA) is 75.6 Å². The van der Waals surface area contributed by atoms with Gasteiger partial charge in [-0.2, -0.15) is 0 Å². The summed E-state index contributed by atoms with van der Waals surface area (Å²) >= 11 is 5.21. The summed E-state index contributed by atoms with van der Waals surface area (Å²) in [4.78, 5) is 20.3. The van der Waals surface area contributed by atoms with Crippen LogP contribution < -0.4 is 5.32 Å². The molecule has 20 heavy (non-hydrogen) atoms. The molecule has 0 aliphatic rings. The van der Waals surface area contributed by atoms with Crippen LogP contribution in [0, 0.1) is 0 Å². The molecular weight excluding hydrogens is 301 g/mol. The fourth-order valence-corrected chi connectivity index (χ4v) is 3.14. The second-order valence-electron chi connectivity index (χ2n) is 5.06.